The van der Waals surface area contributed by atoms with E-state index in [-0.39, 0.29) is 3.57 Å². The Morgan fingerprint density at radius 1 is 1.53 bits per heavy atom. The van der Waals surface area contributed by atoms with Crippen LogP contribution in [0.3, 0.4) is 0 Å². The van der Waals surface area contributed by atoms with Crippen molar-refractivity contribution in [2.75, 3.05) is 7.11 Å². The van der Waals surface area contributed by atoms with Gasteiger partial charge in [0.2, 0.25) is 0 Å². The molecule has 0 bridgehead atoms. The van der Waals surface area contributed by atoms with Gasteiger partial charge in [0.25, 0.3) is 0 Å². The van der Waals surface area contributed by atoms with Crippen molar-refractivity contribution in [3.8, 4) is 5.88 Å². The number of nitrogens with zero attached hydrogens (tertiary/aromatic N) is 2. The van der Waals surface area contributed by atoms with Gasteiger partial charge in [0.05, 0.1) is 7.11 Å². The van der Waals surface area contributed by atoms with Crippen LogP contribution in [0.1, 0.15) is 10.4 Å². The minimum absolute atomic E-state index is 0.221. The molecule has 0 aliphatic heterocycles. The zero-order valence-corrected chi connectivity index (χ0v) is 11.2. The Kier molecular flexibility index (Phi) is 4.49. The van der Waals surface area contributed by atoms with E-state index in [0.29, 0.717) is 0 Å². The summed E-state index contributed by atoms with van der Waals surface area (Å²) < 4.78 is 43.7. The van der Waals surface area contributed by atoms with Gasteiger partial charge in [-0.15, -0.1) is 13.2 Å². The number of aromatic nitrogens is 1. The van der Waals surface area contributed by atoms with Gasteiger partial charge in [-0.1, -0.05) is 0 Å². The first kappa shape index (κ1) is 15.4. The molecule has 0 fully saturated rings. The number of hydrogen-bond acceptors (Lipinski definition) is 6. The lowest BCUT2D eigenvalue weighted by atomic mass is 10.2. The number of methoxy groups -OCH3 is 1. The fraction of sp³-hybridized carbons (Fsp3) is 0.250. The van der Waals surface area contributed by atoms with E-state index in [4.69, 9.17) is 0 Å². The summed E-state index contributed by atoms with van der Waals surface area (Å²) in [6.45, 7) is 0. The Morgan fingerprint density at radius 3 is 2.53 bits per heavy atom. The fourth-order valence-electron chi connectivity index (χ4n) is 1.04. The van der Waals surface area contributed by atoms with Crippen molar-refractivity contribution in [1.29, 1.82) is 0 Å². The summed E-state index contributed by atoms with van der Waals surface area (Å²) in [5, 5.41) is 10.7. The number of rotatable bonds is 3. The molecular formula is C8H4F3IN2O5. The van der Waals surface area contributed by atoms with Crippen LogP contribution in [-0.2, 0) is 4.74 Å². The molecule has 0 N–H and O–H groups in total. The van der Waals surface area contributed by atoms with Gasteiger partial charge in [0, 0.05) is 4.98 Å². The normalized spacial score (nSPS) is 11.0. The van der Waals surface area contributed by atoms with Crippen molar-refractivity contribution in [2.45, 2.75) is 6.36 Å². The highest BCUT2D eigenvalue weighted by Crippen LogP contribution is 2.30. The molecule has 19 heavy (non-hydrogen) atoms. The first-order valence-corrected chi connectivity index (χ1v) is 5.42. The highest BCUT2D eigenvalue weighted by molar-refractivity contribution is 14.1. The monoisotopic (exact) mass is 392 g/mol. The summed E-state index contributed by atoms with van der Waals surface area (Å²) in [5.41, 5.74) is -0.563. The van der Waals surface area contributed by atoms with Crippen molar-refractivity contribution in [3.05, 3.63) is 25.3 Å². The van der Waals surface area contributed by atoms with E-state index in [2.05, 4.69) is 14.5 Å². The summed E-state index contributed by atoms with van der Waals surface area (Å²) in [6, 6.07) is 0.832. The lowest BCUT2D eigenvalue weighted by Gasteiger charge is -2.07. The average molecular weight is 392 g/mol. The van der Waals surface area contributed by atoms with E-state index >= 15 is 0 Å². The number of carbonyl (C=O) groups is 1. The van der Waals surface area contributed by atoms with Crippen LogP contribution in [0, 0.1) is 13.7 Å². The minimum atomic E-state index is -5.05. The molecule has 0 saturated heterocycles. The number of alkyl halides is 3. The molecule has 0 unspecified atom stereocenters. The summed E-state index contributed by atoms with van der Waals surface area (Å²) in [5.74, 6) is -3.17. The van der Waals surface area contributed by atoms with Crippen LogP contribution in [-0.4, -0.2) is 29.3 Å². The first-order chi connectivity index (χ1) is 8.65. The molecule has 7 nitrogen and oxygen atoms in total. The molecule has 0 spiro atoms. The molecular weight excluding hydrogens is 388 g/mol. The van der Waals surface area contributed by atoms with Crippen molar-refractivity contribution in [1.82, 2.24) is 4.98 Å². The number of ether oxygens (including phenoxy) is 2. The van der Waals surface area contributed by atoms with Gasteiger partial charge in [0.15, 0.2) is 5.56 Å². The van der Waals surface area contributed by atoms with Gasteiger partial charge in [-0.25, -0.2) is 4.79 Å². The van der Waals surface area contributed by atoms with E-state index < -0.39 is 34.5 Å². The Bertz CT molecular complexity index is 534. The van der Waals surface area contributed by atoms with Gasteiger partial charge in [-0.3, -0.25) is 0 Å². The van der Waals surface area contributed by atoms with Crippen LogP contribution < -0.4 is 4.74 Å². The van der Waals surface area contributed by atoms with Crippen LogP contribution >= 0.6 is 22.6 Å². The third-order valence-corrected chi connectivity index (χ3v) is 2.49. The Morgan fingerprint density at radius 2 is 2.11 bits per heavy atom. The molecule has 1 heterocycles. The highest BCUT2D eigenvalue weighted by Gasteiger charge is 2.37. The number of hydrogen-bond donors (Lipinski definition) is 0. The lowest BCUT2D eigenvalue weighted by Crippen LogP contribution is -2.19. The summed E-state index contributed by atoms with van der Waals surface area (Å²) in [7, 11) is 0.971. The predicted octanol–water partition coefficient (Wildman–Crippen LogP) is 2.28. The quantitative estimate of drug-likeness (QED) is 0.339. The molecule has 0 aliphatic carbocycles. The smallest absolute Gasteiger partial charge is 0.465 e. The van der Waals surface area contributed by atoms with E-state index in [0.717, 1.165) is 13.2 Å². The Labute approximate surface area is 117 Å². The number of esters is 1. The van der Waals surface area contributed by atoms with Gasteiger partial charge in [-0.05, 0) is 33.6 Å². The van der Waals surface area contributed by atoms with Crippen molar-refractivity contribution >= 4 is 34.4 Å². The van der Waals surface area contributed by atoms with Crippen LogP contribution in [0.4, 0.5) is 19.0 Å². The average Bonchev–Trinajstić information content (AvgIpc) is 2.28. The standard InChI is InChI=1S/C8H4F3IN2O5/c1-18-7(15)3-2-4(12)6(19-8(9,10)11)13-5(3)14(16)17/h2H,1H3. The SMILES string of the molecule is COC(=O)c1cc(I)c(OC(F)(F)F)nc1[N+](=O)[O-]. The highest BCUT2D eigenvalue weighted by atomic mass is 127. The van der Waals surface area contributed by atoms with Crippen LogP contribution in [0.15, 0.2) is 6.07 Å². The van der Waals surface area contributed by atoms with Gasteiger partial charge in [0.1, 0.15) is 3.57 Å². The number of halogens is 4. The van der Waals surface area contributed by atoms with Crippen LogP contribution in [0.5, 0.6) is 5.88 Å². The molecule has 0 aliphatic rings. The molecule has 0 radical (unpaired) electrons. The second-order valence-corrected chi connectivity index (χ2v) is 4.11. The van der Waals surface area contributed by atoms with E-state index in [9.17, 15) is 28.1 Å². The topological polar surface area (TPSA) is 91.6 Å². The molecule has 0 atom stereocenters. The van der Waals surface area contributed by atoms with Crippen LogP contribution in [0.25, 0.3) is 0 Å². The van der Waals surface area contributed by atoms with Crippen molar-refractivity contribution in [3.63, 3.8) is 0 Å². The minimum Gasteiger partial charge on any atom is -0.465 e. The molecule has 1 aromatic heterocycles. The molecule has 104 valence electrons. The van der Waals surface area contributed by atoms with Gasteiger partial charge in [-0.2, -0.15) is 0 Å². The van der Waals surface area contributed by atoms with E-state index in [1.165, 1.54) is 22.6 Å². The number of pyridine rings is 1. The molecule has 0 saturated carbocycles. The molecule has 11 heteroatoms. The summed E-state index contributed by atoms with van der Waals surface area (Å²) in [6.07, 6.45) is -5.05. The summed E-state index contributed by atoms with van der Waals surface area (Å²) in [4.78, 5) is 23.9. The molecule has 0 amide bonds. The van der Waals surface area contributed by atoms with Crippen molar-refractivity contribution < 1.29 is 32.4 Å². The maximum atomic E-state index is 12.1. The number of nitro groups is 1. The zero-order valence-electron chi connectivity index (χ0n) is 9.02. The molecule has 1 aromatic rings. The third kappa shape index (κ3) is 3.90. The summed E-state index contributed by atoms with van der Waals surface area (Å²) >= 11 is 1.40. The second-order valence-electron chi connectivity index (χ2n) is 2.94. The largest absolute Gasteiger partial charge is 0.575 e. The van der Waals surface area contributed by atoms with Gasteiger partial charge < -0.3 is 19.6 Å². The predicted molar refractivity (Wildman–Crippen MR) is 61.6 cm³/mol. The molecule has 1 rings (SSSR count). The van der Waals surface area contributed by atoms with Crippen LogP contribution in [0.2, 0.25) is 0 Å². The van der Waals surface area contributed by atoms with E-state index in [1.54, 1.807) is 0 Å². The van der Waals surface area contributed by atoms with Gasteiger partial charge >= 0.3 is 24.0 Å². The Balaban J connectivity index is 3.37. The second kappa shape index (κ2) is 5.54. The first-order valence-electron chi connectivity index (χ1n) is 4.34. The third-order valence-electron chi connectivity index (χ3n) is 1.71. The lowest BCUT2D eigenvalue weighted by molar-refractivity contribution is -0.390. The zero-order chi connectivity index (χ0) is 14.8. The fourth-order valence-corrected chi connectivity index (χ4v) is 1.59. The van der Waals surface area contributed by atoms with Crippen molar-refractivity contribution in [2.24, 2.45) is 0 Å². The Hall–Kier alpha value is -1.66. The maximum Gasteiger partial charge on any atom is 0.575 e. The maximum absolute atomic E-state index is 12.1. The number of carbonyl (C=O) groups excluding carboxylic acids is 1. The van der Waals surface area contributed by atoms with E-state index in [1.807, 2.05) is 0 Å². The molecule has 0 aromatic carbocycles.